The van der Waals surface area contributed by atoms with Crippen LogP contribution in [0, 0.1) is 6.92 Å². The number of carbonyl (C=O) groups is 2. The van der Waals surface area contributed by atoms with Crippen molar-refractivity contribution in [1.29, 1.82) is 0 Å². The molecule has 0 N–H and O–H groups in total. The number of aryl methyl sites for hydroxylation is 1. The predicted molar refractivity (Wildman–Crippen MR) is 85.9 cm³/mol. The highest BCUT2D eigenvalue weighted by molar-refractivity contribution is 6.42. The van der Waals surface area contributed by atoms with E-state index in [2.05, 4.69) is 4.90 Å². The van der Waals surface area contributed by atoms with Crippen molar-refractivity contribution in [1.82, 2.24) is 9.80 Å². The highest BCUT2D eigenvalue weighted by Gasteiger charge is 2.30. The summed E-state index contributed by atoms with van der Waals surface area (Å²) in [5.74, 6) is -0.732. The third-order valence-corrected chi connectivity index (χ3v) is 4.95. The molecule has 0 spiro atoms. The molecule has 1 aliphatic carbocycles. The summed E-state index contributed by atoms with van der Waals surface area (Å²) in [5.41, 5.74) is 1.59. The first-order chi connectivity index (χ1) is 10.6. The lowest BCUT2D eigenvalue weighted by Crippen LogP contribution is -2.52. The Morgan fingerprint density at radius 2 is 1.55 bits per heavy atom. The number of benzene rings is 1. The van der Waals surface area contributed by atoms with E-state index in [1.807, 2.05) is 19.1 Å². The Balaban J connectivity index is 1.57. The summed E-state index contributed by atoms with van der Waals surface area (Å²) in [6.07, 6.45) is 5.23. The fourth-order valence-corrected chi connectivity index (χ4v) is 3.53. The topological polar surface area (TPSA) is 40.6 Å². The first kappa shape index (κ1) is 15.2. The predicted octanol–water partition coefficient (Wildman–Crippen LogP) is 2.26. The van der Waals surface area contributed by atoms with Crippen molar-refractivity contribution >= 4 is 11.7 Å². The van der Waals surface area contributed by atoms with Crippen molar-refractivity contribution in [3.8, 4) is 0 Å². The molecule has 1 aromatic rings. The van der Waals surface area contributed by atoms with Crippen LogP contribution in [0.5, 0.6) is 0 Å². The lowest BCUT2D eigenvalue weighted by molar-refractivity contribution is -0.128. The maximum atomic E-state index is 12.4. The number of hydrogen-bond donors (Lipinski definition) is 0. The largest absolute Gasteiger partial charge is 0.333 e. The fourth-order valence-electron chi connectivity index (χ4n) is 3.53. The SMILES string of the molecule is Cc1ccc(C(=O)C(=O)N2CCN(C3CCCC3)CC2)cc1. The van der Waals surface area contributed by atoms with E-state index in [0.29, 0.717) is 24.7 Å². The molecule has 1 saturated carbocycles. The van der Waals surface area contributed by atoms with Gasteiger partial charge in [0.2, 0.25) is 5.78 Å². The number of amides is 1. The molecule has 1 amide bonds. The smallest absolute Gasteiger partial charge is 0.295 e. The van der Waals surface area contributed by atoms with Crippen LogP contribution in [-0.2, 0) is 4.79 Å². The van der Waals surface area contributed by atoms with Crippen LogP contribution in [0.1, 0.15) is 41.6 Å². The van der Waals surface area contributed by atoms with Crippen LogP contribution >= 0.6 is 0 Å². The van der Waals surface area contributed by atoms with Gasteiger partial charge in [-0.3, -0.25) is 14.5 Å². The number of carbonyl (C=O) groups excluding carboxylic acids is 2. The number of piperazine rings is 1. The van der Waals surface area contributed by atoms with Gasteiger partial charge in [0.1, 0.15) is 0 Å². The van der Waals surface area contributed by atoms with E-state index < -0.39 is 0 Å². The molecule has 0 radical (unpaired) electrons. The van der Waals surface area contributed by atoms with Crippen molar-refractivity contribution in [3.63, 3.8) is 0 Å². The minimum absolute atomic E-state index is 0.352. The van der Waals surface area contributed by atoms with Gasteiger partial charge in [0.25, 0.3) is 5.91 Å². The molecule has 118 valence electrons. The lowest BCUT2D eigenvalue weighted by Gasteiger charge is -2.37. The average molecular weight is 300 g/mol. The zero-order valence-electron chi connectivity index (χ0n) is 13.3. The molecule has 0 atom stereocenters. The van der Waals surface area contributed by atoms with E-state index in [4.69, 9.17) is 0 Å². The van der Waals surface area contributed by atoms with Gasteiger partial charge in [0, 0.05) is 37.8 Å². The van der Waals surface area contributed by atoms with Crippen LogP contribution in [0.4, 0.5) is 0 Å². The summed E-state index contributed by atoms with van der Waals surface area (Å²) >= 11 is 0. The van der Waals surface area contributed by atoms with E-state index >= 15 is 0 Å². The standard InChI is InChI=1S/C18H24N2O2/c1-14-6-8-15(9-7-14)17(21)18(22)20-12-10-19(11-13-20)16-4-2-3-5-16/h6-9,16H,2-5,10-13H2,1H3. The molecule has 0 unspecified atom stereocenters. The minimum Gasteiger partial charge on any atom is -0.333 e. The number of Topliss-reactive ketones (excluding diaryl/α,β-unsaturated/α-hetero) is 1. The van der Waals surface area contributed by atoms with Gasteiger partial charge in [-0.05, 0) is 19.8 Å². The van der Waals surface area contributed by atoms with Crippen molar-refractivity contribution in [2.24, 2.45) is 0 Å². The molecular weight excluding hydrogens is 276 g/mol. The van der Waals surface area contributed by atoms with Crippen molar-refractivity contribution in [2.75, 3.05) is 26.2 Å². The lowest BCUT2D eigenvalue weighted by atomic mass is 10.1. The second kappa shape index (κ2) is 6.61. The van der Waals surface area contributed by atoms with Gasteiger partial charge < -0.3 is 4.90 Å². The number of rotatable bonds is 3. The van der Waals surface area contributed by atoms with Gasteiger partial charge >= 0.3 is 0 Å². The molecule has 0 bridgehead atoms. The molecule has 4 heteroatoms. The van der Waals surface area contributed by atoms with Gasteiger partial charge in [0.05, 0.1) is 0 Å². The minimum atomic E-state index is -0.380. The first-order valence-corrected chi connectivity index (χ1v) is 8.29. The quantitative estimate of drug-likeness (QED) is 0.635. The summed E-state index contributed by atoms with van der Waals surface area (Å²) in [7, 11) is 0. The number of ketones is 1. The maximum Gasteiger partial charge on any atom is 0.295 e. The van der Waals surface area contributed by atoms with Gasteiger partial charge in [-0.1, -0.05) is 42.7 Å². The fraction of sp³-hybridized carbons (Fsp3) is 0.556. The Labute approximate surface area is 132 Å². The summed E-state index contributed by atoms with van der Waals surface area (Å²) in [6.45, 7) is 5.12. The molecule has 1 heterocycles. The Morgan fingerprint density at radius 3 is 2.14 bits per heavy atom. The van der Waals surface area contributed by atoms with Crippen LogP contribution in [0.15, 0.2) is 24.3 Å². The van der Waals surface area contributed by atoms with E-state index in [1.165, 1.54) is 25.7 Å². The van der Waals surface area contributed by atoms with Crippen LogP contribution < -0.4 is 0 Å². The zero-order valence-corrected chi connectivity index (χ0v) is 13.3. The molecule has 1 aromatic carbocycles. The highest BCUT2D eigenvalue weighted by Crippen LogP contribution is 2.24. The monoisotopic (exact) mass is 300 g/mol. The van der Waals surface area contributed by atoms with Crippen molar-refractivity contribution in [3.05, 3.63) is 35.4 Å². The van der Waals surface area contributed by atoms with Crippen LogP contribution in [0.3, 0.4) is 0 Å². The molecule has 2 fully saturated rings. The Morgan fingerprint density at radius 1 is 0.955 bits per heavy atom. The molecular formula is C18H24N2O2. The summed E-state index contributed by atoms with van der Waals surface area (Å²) in [5, 5.41) is 0. The third-order valence-electron chi connectivity index (χ3n) is 4.95. The molecule has 3 rings (SSSR count). The second-order valence-corrected chi connectivity index (χ2v) is 6.46. The Hall–Kier alpha value is -1.68. The van der Waals surface area contributed by atoms with Crippen LogP contribution in [-0.4, -0.2) is 53.7 Å². The third kappa shape index (κ3) is 3.22. The highest BCUT2D eigenvalue weighted by atomic mass is 16.2. The average Bonchev–Trinajstić information content (AvgIpc) is 3.09. The number of nitrogens with zero attached hydrogens (tertiary/aromatic N) is 2. The normalized spacial score (nSPS) is 20.3. The van der Waals surface area contributed by atoms with Crippen molar-refractivity contribution < 1.29 is 9.59 Å². The van der Waals surface area contributed by atoms with E-state index in [0.717, 1.165) is 18.7 Å². The Kier molecular flexibility index (Phi) is 4.57. The summed E-state index contributed by atoms with van der Waals surface area (Å²) in [6, 6.07) is 7.93. The van der Waals surface area contributed by atoms with Gasteiger partial charge in [-0.25, -0.2) is 0 Å². The van der Waals surface area contributed by atoms with Crippen LogP contribution in [0.25, 0.3) is 0 Å². The van der Waals surface area contributed by atoms with E-state index in [9.17, 15) is 9.59 Å². The second-order valence-electron chi connectivity index (χ2n) is 6.46. The molecule has 4 nitrogen and oxygen atoms in total. The van der Waals surface area contributed by atoms with Crippen molar-refractivity contribution in [2.45, 2.75) is 38.6 Å². The molecule has 1 saturated heterocycles. The molecule has 22 heavy (non-hydrogen) atoms. The Bertz CT molecular complexity index is 539. The number of hydrogen-bond acceptors (Lipinski definition) is 3. The van der Waals surface area contributed by atoms with Gasteiger partial charge in [-0.2, -0.15) is 0 Å². The van der Waals surface area contributed by atoms with Gasteiger partial charge in [-0.15, -0.1) is 0 Å². The summed E-state index contributed by atoms with van der Waals surface area (Å²) in [4.78, 5) is 28.9. The van der Waals surface area contributed by atoms with Gasteiger partial charge in [0.15, 0.2) is 0 Å². The molecule has 2 aliphatic rings. The summed E-state index contributed by atoms with van der Waals surface area (Å²) < 4.78 is 0. The first-order valence-electron chi connectivity index (χ1n) is 8.29. The molecule has 1 aliphatic heterocycles. The van der Waals surface area contributed by atoms with E-state index in [1.54, 1.807) is 17.0 Å². The van der Waals surface area contributed by atoms with Crippen LogP contribution in [0.2, 0.25) is 0 Å². The molecule has 0 aromatic heterocycles. The zero-order chi connectivity index (χ0) is 15.5. The van der Waals surface area contributed by atoms with E-state index in [-0.39, 0.29) is 11.7 Å². The maximum absolute atomic E-state index is 12.4.